The summed E-state index contributed by atoms with van der Waals surface area (Å²) in [7, 11) is -3.61. The number of nitrogens with one attached hydrogen (secondary N) is 1. The summed E-state index contributed by atoms with van der Waals surface area (Å²) >= 11 is 4.42. The van der Waals surface area contributed by atoms with E-state index in [9.17, 15) is 17.6 Å². The third kappa shape index (κ3) is 4.16. The highest BCUT2D eigenvalue weighted by Crippen LogP contribution is 2.31. The monoisotopic (exact) mass is 460 g/mol. The van der Waals surface area contributed by atoms with Crippen molar-refractivity contribution in [1.82, 2.24) is 4.31 Å². The van der Waals surface area contributed by atoms with E-state index in [1.54, 1.807) is 31.2 Å². The summed E-state index contributed by atoms with van der Waals surface area (Å²) in [6.07, 6.45) is 1.20. The van der Waals surface area contributed by atoms with Gasteiger partial charge in [0.2, 0.25) is 5.91 Å². The molecular formula is C17H18BrFN2O3S2. The maximum absolute atomic E-state index is 13.6. The lowest BCUT2D eigenvalue weighted by atomic mass is 9.98. The van der Waals surface area contributed by atoms with Gasteiger partial charge in [-0.3, -0.25) is 4.79 Å². The molecule has 1 N–H and O–H groups in total. The van der Waals surface area contributed by atoms with E-state index < -0.39 is 15.9 Å². The van der Waals surface area contributed by atoms with Crippen LogP contribution in [0.1, 0.15) is 18.4 Å². The fraction of sp³-hybridized carbons (Fsp3) is 0.353. The molecule has 0 aliphatic carbocycles. The van der Waals surface area contributed by atoms with Crippen molar-refractivity contribution in [2.45, 2.75) is 24.0 Å². The topological polar surface area (TPSA) is 66.5 Å². The lowest BCUT2D eigenvalue weighted by Gasteiger charge is -2.30. The molecule has 9 heteroatoms. The second kappa shape index (κ2) is 7.75. The van der Waals surface area contributed by atoms with E-state index in [1.165, 1.54) is 10.4 Å². The number of hydrogen-bond acceptors (Lipinski definition) is 4. The minimum Gasteiger partial charge on any atom is -0.326 e. The zero-order valence-corrected chi connectivity index (χ0v) is 17.3. The van der Waals surface area contributed by atoms with Crippen molar-refractivity contribution in [1.29, 1.82) is 0 Å². The first-order chi connectivity index (χ1) is 12.3. The Morgan fingerprint density at radius 3 is 2.77 bits per heavy atom. The van der Waals surface area contributed by atoms with Gasteiger partial charge < -0.3 is 5.32 Å². The number of carbonyl (C=O) groups is 1. The number of hydrogen-bond donors (Lipinski definition) is 1. The van der Waals surface area contributed by atoms with Crippen molar-refractivity contribution in [3.8, 4) is 0 Å². The van der Waals surface area contributed by atoms with Gasteiger partial charge in [0.25, 0.3) is 10.0 Å². The van der Waals surface area contributed by atoms with Crippen LogP contribution in [0.3, 0.4) is 0 Å². The number of halogens is 2. The summed E-state index contributed by atoms with van der Waals surface area (Å²) in [6, 6.07) is 7.75. The van der Waals surface area contributed by atoms with E-state index in [4.69, 9.17) is 0 Å². The van der Waals surface area contributed by atoms with Crippen LogP contribution in [0.15, 0.2) is 38.3 Å². The molecule has 1 aliphatic heterocycles. The van der Waals surface area contributed by atoms with E-state index in [0.29, 0.717) is 30.6 Å². The molecule has 26 heavy (non-hydrogen) atoms. The summed E-state index contributed by atoms with van der Waals surface area (Å²) in [6.45, 7) is 2.16. The predicted molar refractivity (Wildman–Crippen MR) is 103 cm³/mol. The Morgan fingerprint density at radius 1 is 1.35 bits per heavy atom. The molecule has 0 spiro atoms. The maximum Gasteiger partial charge on any atom is 0.252 e. The van der Waals surface area contributed by atoms with Gasteiger partial charge in [-0.1, -0.05) is 6.07 Å². The van der Waals surface area contributed by atoms with Gasteiger partial charge in [-0.2, -0.15) is 4.31 Å². The Kier molecular flexibility index (Phi) is 5.81. The standard InChI is InChI=1S/C17H18BrFN2O3S2/c1-11-4-5-13(9-14(11)19)20-17(22)12-3-2-8-21(10-12)26(23,24)16-7-6-15(18)25-16/h4-7,9,12H,2-3,8,10H2,1H3,(H,20,22). The summed E-state index contributed by atoms with van der Waals surface area (Å²) in [5.74, 6) is -1.15. The molecule has 2 heterocycles. The number of benzene rings is 1. The number of thiophene rings is 1. The van der Waals surface area contributed by atoms with Crippen LogP contribution in [0.2, 0.25) is 0 Å². The Labute approximate surface area is 164 Å². The van der Waals surface area contributed by atoms with Gasteiger partial charge in [-0.25, -0.2) is 12.8 Å². The average molecular weight is 461 g/mol. The van der Waals surface area contributed by atoms with Crippen LogP contribution in [0.25, 0.3) is 0 Å². The third-order valence-corrected chi connectivity index (χ3v) is 8.29. The Bertz CT molecular complexity index is 930. The Morgan fingerprint density at radius 2 is 2.12 bits per heavy atom. The van der Waals surface area contributed by atoms with E-state index in [1.807, 2.05) is 0 Å². The van der Waals surface area contributed by atoms with Crippen molar-refractivity contribution in [2.75, 3.05) is 18.4 Å². The quantitative estimate of drug-likeness (QED) is 0.749. The molecule has 1 fully saturated rings. The molecule has 1 unspecified atom stereocenters. The van der Waals surface area contributed by atoms with Crippen LogP contribution in [-0.4, -0.2) is 31.7 Å². The first-order valence-corrected chi connectivity index (χ1v) is 11.1. The molecule has 1 atom stereocenters. The second-order valence-corrected chi connectivity index (χ2v) is 10.8. The lowest BCUT2D eigenvalue weighted by molar-refractivity contribution is -0.120. The zero-order valence-electron chi connectivity index (χ0n) is 14.0. The highest BCUT2D eigenvalue weighted by molar-refractivity contribution is 9.11. The minimum atomic E-state index is -3.61. The van der Waals surface area contributed by atoms with Gasteiger partial charge in [0.05, 0.1) is 9.70 Å². The number of amides is 1. The van der Waals surface area contributed by atoms with Crippen molar-refractivity contribution >= 4 is 48.9 Å². The molecule has 1 aliphatic rings. The van der Waals surface area contributed by atoms with E-state index in [2.05, 4.69) is 21.2 Å². The number of aryl methyl sites for hydroxylation is 1. The number of sulfonamides is 1. The first-order valence-electron chi connectivity index (χ1n) is 8.10. The average Bonchev–Trinajstić information content (AvgIpc) is 3.05. The molecule has 3 rings (SSSR count). The van der Waals surface area contributed by atoms with E-state index >= 15 is 0 Å². The van der Waals surface area contributed by atoms with Gasteiger partial charge in [0.1, 0.15) is 10.0 Å². The van der Waals surface area contributed by atoms with Crippen LogP contribution in [0.4, 0.5) is 10.1 Å². The number of nitrogens with zero attached hydrogens (tertiary/aromatic N) is 1. The molecule has 1 amide bonds. The Balaban J connectivity index is 1.71. The molecule has 2 aromatic rings. The summed E-state index contributed by atoms with van der Waals surface area (Å²) in [5, 5.41) is 2.69. The van der Waals surface area contributed by atoms with Crippen LogP contribution in [0, 0.1) is 18.7 Å². The Hall–Kier alpha value is -1.29. The van der Waals surface area contributed by atoms with Gasteiger partial charge in [-0.05, 0) is 65.5 Å². The summed E-state index contributed by atoms with van der Waals surface area (Å²) < 4.78 is 41.5. The van der Waals surface area contributed by atoms with Crippen LogP contribution in [-0.2, 0) is 14.8 Å². The van der Waals surface area contributed by atoms with Gasteiger partial charge in [0.15, 0.2) is 0 Å². The fourth-order valence-electron chi connectivity index (χ4n) is 2.85. The highest BCUT2D eigenvalue weighted by Gasteiger charge is 2.34. The second-order valence-electron chi connectivity index (χ2n) is 6.21. The normalized spacial score (nSPS) is 18.7. The largest absolute Gasteiger partial charge is 0.326 e. The van der Waals surface area contributed by atoms with Gasteiger partial charge in [-0.15, -0.1) is 11.3 Å². The summed E-state index contributed by atoms with van der Waals surface area (Å²) in [5.41, 5.74) is 0.875. The third-order valence-electron chi connectivity index (χ3n) is 4.34. The molecular weight excluding hydrogens is 443 g/mol. The molecule has 1 saturated heterocycles. The van der Waals surface area contributed by atoms with Crippen molar-refractivity contribution in [3.63, 3.8) is 0 Å². The maximum atomic E-state index is 13.6. The molecule has 1 aromatic carbocycles. The van der Waals surface area contributed by atoms with E-state index in [0.717, 1.165) is 15.1 Å². The molecule has 0 radical (unpaired) electrons. The van der Waals surface area contributed by atoms with Crippen LogP contribution < -0.4 is 5.32 Å². The smallest absolute Gasteiger partial charge is 0.252 e. The van der Waals surface area contributed by atoms with Gasteiger partial charge in [0, 0.05) is 18.8 Å². The van der Waals surface area contributed by atoms with Crippen LogP contribution >= 0.6 is 27.3 Å². The predicted octanol–water partition coefficient (Wildman–Crippen LogP) is 4.00. The van der Waals surface area contributed by atoms with Gasteiger partial charge >= 0.3 is 0 Å². The minimum absolute atomic E-state index is 0.123. The molecule has 1 aromatic heterocycles. The fourth-order valence-corrected chi connectivity index (χ4v) is 6.54. The van der Waals surface area contributed by atoms with Crippen molar-refractivity contribution in [2.24, 2.45) is 5.92 Å². The van der Waals surface area contributed by atoms with Crippen molar-refractivity contribution < 1.29 is 17.6 Å². The number of piperidine rings is 1. The van der Waals surface area contributed by atoms with E-state index in [-0.39, 0.29) is 22.5 Å². The molecule has 140 valence electrons. The first kappa shape index (κ1) is 19.5. The van der Waals surface area contributed by atoms with Crippen molar-refractivity contribution in [3.05, 3.63) is 45.5 Å². The zero-order chi connectivity index (χ0) is 18.9. The number of rotatable bonds is 4. The summed E-state index contributed by atoms with van der Waals surface area (Å²) in [4.78, 5) is 12.5. The van der Waals surface area contributed by atoms with Crippen LogP contribution in [0.5, 0.6) is 0 Å². The highest BCUT2D eigenvalue weighted by atomic mass is 79.9. The molecule has 0 bridgehead atoms. The SMILES string of the molecule is Cc1ccc(NC(=O)C2CCCN(S(=O)(=O)c3ccc(Br)s3)C2)cc1F. The lowest BCUT2D eigenvalue weighted by Crippen LogP contribution is -2.43. The molecule has 5 nitrogen and oxygen atoms in total. The number of carbonyl (C=O) groups excluding carboxylic acids is 1. The molecule has 0 saturated carbocycles. The number of anilines is 1.